The van der Waals surface area contributed by atoms with E-state index < -0.39 is 18.2 Å². The number of nitrogens with one attached hydrogen (secondary N) is 1. The first-order valence-electron chi connectivity index (χ1n) is 30.9. The predicted octanol–water partition coefficient (Wildman–Crippen LogP) is 19.4. The van der Waals surface area contributed by atoms with E-state index in [0.29, 0.717) is 19.3 Å². The van der Waals surface area contributed by atoms with Gasteiger partial charge in [0.1, 0.15) is 6.10 Å². The summed E-state index contributed by atoms with van der Waals surface area (Å²) in [6.07, 6.45) is 71.8. The maximum atomic E-state index is 13.3. The van der Waals surface area contributed by atoms with Crippen molar-refractivity contribution in [3.63, 3.8) is 0 Å². The molecule has 0 aromatic heterocycles. The largest absolute Gasteiger partial charge is 0.462 e. The quantitative estimate of drug-likeness (QED) is 0.0244. The fraction of sp³-hybridized carbons (Fsp3) is 0.844. The Hall–Kier alpha value is -2.18. The summed E-state index contributed by atoms with van der Waals surface area (Å²) in [4.78, 5) is 26.3. The van der Waals surface area contributed by atoms with Gasteiger partial charge in [0, 0.05) is 6.42 Å². The Bertz CT molecular complexity index is 1190. The number of hydrogen-bond acceptors (Lipinski definition) is 5. The molecule has 0 aromatic carbocycles. The minimum Gasteiger partial charge on any atom is -0.462 e. The van der Waals surface area contributed by atoms with E-state index in [4.69, 9.17) is 4.74 Å². The number of ether oxygens (including phenoxy) is 1. The molecule has 410 valence electrons. The van der Waals surface area contributed by atoms with Crippen LogP contribution in [-0.4, -0.2) is 46.9 Å². The molecular formula is C64H119NO5. The third-order valence-corrected chi connectivity index (χ3v) is 14.2. The molecule has 0 saturated heterocycles. The Morgan fingerprint density at radius 1 is 0.414 bits per heavy atom. The zero-order valence-electron chi connectivity index (χ0n) is 46.9. The van der Waals surface area contributed by atoms with Gasteiger partial charge < -0.3 is 20.3 Å². The highest BCUT2D eigenvalue weighted by Crippen LogP contribution is 2.18. The summed E-state index contributed by atoms with van der Waals surface area (Å²) in [5.41, 5.74) is 0. The molecule has 1 amide bonds. The molecule has 6 heteroatoms. The lowest BCUT2D eigenvalue weighted by molar-refractivity contribution is -0.151. The molecular weight excluding hydrogens is 863 g/mol. The van der Waals surface area contributed by atoms with Gasteiger partial charge in [0.15, 0.2) is 0 Å². The minimum absolute atomic E-state index is 0.0604. The summed E-state index contributed by atoms with van der Waals surface area (Å²) in [6, 6.07) is -0.712. The topological polar surface area (TPSA) is 95.9 Å². The molecule has 70 heavy (non-hydrogen) atoms. The third-order valence-electron chi connectivity index (χ3n) is 14.2. The van der Waals surface area contributed by atoms with Crippen LogP contribution < -0.4 is 5.32 Å². The number of carbonyl (C=O) groups is 2. The van der Waals surface area contributed by atoms with Gasteiger partial charge in [0.25, 0.3) is 0 Å². The number of rotatable bonds is 56. The molecule has 0 radical (unpaired) electrons. The molecule has 0 fully saturated rings. The van der Waals surface area contributed by atoms with Crippen molar-refractivity contribution in [3.8, 4) is 0 Å². The molecule has 0 spiro atoms. The van der Waals surface area contributed by atoms with Crippen LogP contribution in [0.1, 0.15) is 323 Å². The van der Waals surface area contributed by atoms with Gasteiger partial charge in [-0.2, -0.15) is 0 Å². The van der Waals surface area contributed by atoms with Crippen molar-refractivity contribution in [2.24, 2.45) is 0 Å². The van der Waals surface area contributed by atoms with Crippen LogP contribution >= 0.6 is 0 Å². The Balaban J connectivity index is 4.58. The van der Waals surface area contributed by atoms with Crippen molar-refractivity contribution in [2.75, 3.05) is 6.61 Å². The number of esters is 1. The van der Waals surface area contributed by atoms with Crippen LogP contribution in [0.4, 0.5) is 0 Å². The molecule has 6 nitrogen and oxygen atoms in total. The van der Waals surface area contributed by atoms with E-state index >= 15 is 0 Å². The van der Waals surface area contributed by atoms with E-state index in [1.807, 2.05) is 0 Å². The third kappa shape index (κ3) is 52.2. The molecule has 0 rings (SSSR count). The fourth-order valence-corrected chi connectivity index (χ4v) is 9.49. The molecule has 3 N–H and O–H groups in total. The van der Waals surface area contributed by atoms with Crippen molar-refractivity contribution in [3.05, 3.63) is 48.6 Å². The Morgan fingerprint density at radius 2 is 0.743 bits per heavy atom. The average molecular weight is 983 g/mol. The highest BCUT2D eigenvalue weighted by Gasteiger charge is 2.24. The van der Waals surface area contributed by atoms with E-state index in [9.17, 15) is 19.8 Å². The van der Waals surface area contributed by atoms with Crippen LogP contribution in [0.2, 0.25) is 0 Å². The summed E-state index contributed by atoms with van der Waals surface area (Å²) in [5.74, 6) is -0.498. The fourth-order valence-electron chi connectivity index (χ4n) is 9.49. The van der Waals surface area contributed by atoms with Gasteiger partial charge in [-0.25, -0.2) is 0 Å². The zero-order valence-corrected chi connectivity index (χ0v) is 46.9. The Morgan fingerprint density at radius 3 is 1.14 bits per heavy atom. The summed E-state index contributed by atoms with van der Waals surface area (Å²) in [7, 11) is 0. The monoisotopic (exact) mass is 982 g/mol. The minimum atomic E-state index is -0.797. The van der Waals surface area contributed by atoms with Gasteiger partial charge in [-0.05, 0) is 77.0 Å². The van der Waals surface area contributed by atoms with Gasteiger partial charge >= 0.3 is 5.97 Å². The molecule has 0 heterocycles. The van der Waals surface area contributed by atoms with E-state index in [2.05, 4.69) is 74.7 Å². The molecule has 0 aliphatic rings. The van der Waals surface area contributed by atoms with Crippen LogP contribution in [-0.2, 0) is 14.3 Å². The molecule has 3 atom stereocenters. The van der Waals surface area contributed by atoms with Crippen molar-refractivity contribution in [2.45, 2.75) is 341 Å². The van der Waals surface area contributed by atoms with Gasteiger partial charge in [0.2, 0.25) is 5.91 Å². The van der Waals surface area contributed by atoms with Crippen molar-refractivity contribution in [1.29, 1.82) is 0 Å². The van der Waals surface area contributed by atoms with Crippen molar-refractivity contribution in [1.82, 2.24) is 5.32 Å². The van der Waals surface area contributed by atoms with Crippen molar-refractivity contribution < 1.29 is 24.5 Å². The smallest absolute Gasteiger partial charge is 0.306 e. The number of carbonyl (C=O) groups excluding carboxylic acids is 2. The molecule has 0 saturated carbocycles. The van der Waals surface area contributed by atoms with Crippen LogP contribution in [0.15, 0.2) is 48.6 Å². The summed E-state index contributed by atoms with van der Waals surface area (Å²) in [5, 5.41) is 24.0. The van der Waals surface area contributed by atoms with E-state index in [1.54, 1.807) is 0 Å². The lowest BCUT2D eigenvalue weighted by Crippen LogP contribution is -2.46. The molecule has 3 unspecified atom stereocenters. The number of aliphatic hydroxyl groups excluding tert-OH is 2. The lowest BCUT2D eigenvalue weighted by atomic mass is 10.0. The second-order valence-corrected chi connectivity index (χ2v) is 21.2. The number of aliphatic hydroxyl groups is 2. The average Bonchev–Trinajstić information content (AvgIpc) is 3.35. The number of amides is 1. The Kier molecular flexibility index (Phi) is 55.9. The SMILES string of the molecule is CCCCCCC/C=C/C=C/C=C/CCCCCCCC(=O)OC(CCCCC/C=C/CCCCCCCCCCC)CC(=O)NC(CO)C(O)CCCCCCCCCCCCCCCCCCC. The van der Waals surface area contributed by atoms with Crippen LogP contribution in [0, 0.1) is 0 Å². The van der Waals surface area contributed by atoms with Gasteiger partial charge in [-0.1, -0.05) is 281 Å². The van der Waals surface area contributed by atoms with Crippen molar-refractivity contribution >= 4 is 11.9 Å². The lowest BCUT2D eigenvalue weighted by Gasteiger charge is -2.24. The molecule has 0 aromatic rings. The maximum Gasteiger partial charge on any atom is 0.306 e. The standard InChI is InChI=1S/C64H119NO5/c1-4-7-10-13-16-19-22-25-28-31-33-36-39-42-45-48-51-54-57-64(69)70-60(55-52-49-46-43-40-37-34-30-27-24-21-18-15-12-9-6-3)58-63(68)65-61(59-66)62(67)56-53-50-47-44-41-38-35-32-29-26-23-20-17-14-11-8-5-2/h22,25,28,31,33,36-37,40,60-62,66-67H,4-21,23-24,26-27,29-30,32,34-35,38-39,41-59H2,1-3H3,(H,65,68)/b25-22+,31-28+,36-33+,40-37+. The molecule has 0 aliphatic carbocycles. The van der Waals surface area contributed by atoms with Crippen LogP contribution in [0.3, 0.4) is 0 Å². The first-order chi connectivity index (χ1) is 34.5. The number of allylic oxidation sites excluding steroid dienone is 8. The summed E-state index contributed by atoms with van der Waals surface area (Å²) < 4.78 is 5.96. The zero-order chi connectivity index (χ0) is 50.9. The first kappa shape index (κ1) is 67.8. The molecule has 0 aliphatic heterocycles. The number of hydrogen-bond donors (Lipinski definition) is 3. The van der Waals surface area contributed by atoms with E-state index in [-0.39, 0.29) is 24.9 Å². The maximum absolute atomic E-state index is 13.3. The normalized spacial score (nSPS) is 13.4. The van der Waals surface area contributed by atoms with E-state index in [1.165, 1.54) is 193 Å². The molecule has 0 bridgehead atoms. The predicted molar refractivity (Wildman–Crippen MR) is 305 cm³/mol. The highest BCUT2D eigenvalue weighted by atomic mass is 16.5. The van der Waals surface area contributed by atoms with Crippen LogP contribution in [0.5, 0.6) is 0 Å². The summed E-state index contributed by atoms with van der Waals surface area (Å²) >= 11 is 0. The second kappa shape index (κ2) is 57.7. The van der Waals surface area contributed by atoms with E-state index in [0.717, 1.165) is 83.5 Å². The van der Waals surface area contributed by atoms with Gasteiger partial charge in [-0.15, -0.1) is 0 Å². The summed E-state index contributed by atoms with van der Waals surface area (Å²) in [6.45, 7) is 6.50. The number of unbranched alkanes of at least 4 members (excludes halogenated alkanes) is 38. The van der Waals surface area contributed by atoms with Gasteiger partial charge in [-0.3, -0.25) is 9.59 Å². The first-order valence-corrected chi connectivity index (χ1v) is 30.9. The highest BCUT2D eigenvalue weighted by molar-refractivity contribution is 5.77. The second-order valence-electron chi connectivity index (χ2n) is 21.2. The Labute approximate surface area is 436 Å². The van der Waals surface area contributed by atoms with Gasteiger partial charge in [0.05, 0.1) is 25.2 Å². The van der Waals surface area contributed by atoms with Crippen LogP contribution in [0.25, 0.3) is 0 Å².